The molecule has 0 amide bonds. The lowest BCUT2D eigenvalue weighted by Gasteiger charge is -2.09. The smallest absolute Gasteiger partial charge is 0.253 e. The van der Waals surface area contributed by atoms with E-state index in [0.29, 0.717) is 29.0 Å². The Labute approximate surface area is 120 Å². The summed E-state index contributed by atoms with van der Waals surface area (Å²) in [5, 5.41) is 0.485. The lowest BCUT2D eigenvalue weighted by atomic mass is 10.3. The van der Waals surface area contributed by atoms with Crippen molar-refractivity contribution in [3.8, 4) is 11.5 Å². The highest BCUT2D eigenvalue weighted by Crippen LogP contribution is 2.26. The fraction of sp³-hybridized carbons (Fsp3) is 0.231. The molecule has 0 radical (unpaired) electrons. The van der Waals surface area contributed by atoms with Crippen molar-refractivity contribution in [1.82, 2.24) is 9.97 Å². The van der Waals surface area contributed by atoms with E-state index in [9.17, 15) is 4.79 Å². The number of ether oxygens (including phenoxy) is 2. The van der Waals surface area contributed by atoms with Crippen molar-refractivity contribution in [2.45, 2.75) is 5.16 Å². The first kappa shape index (κ1) is 14.3. The fourth-order valence-electron chi connectivity index (χ4n) is 1.55. The molecule has 2 aromatic rings. The first-order valence-corrected chi connectivity index (χ1v) is 6.93. The molecule has 7 heteroatoms. The number of nitrogen functional groups attached to an aromatic ring is 1. The molecule has 1 heterocycles. The van der Waals surface area contributed by atoms with Gasteiger partial charge in [0.25, 0.3) is 5.56 Å². The number of benzene rings is 1. The molecule has 0 bridgehead atoms. The zero-order chi connectivity index (χ0) is 14.4. The van der Waals surface area contributed by atoms with Gasteiger partial charge in [0.2, 0.25) is 0 Å². The van der Waals surface area contributed by atoms with E-state index in [2.05, 4.69) is 9.97 Å². The SMILES string of the molecule is COc1ccccc1OCCSc1nc(N)cc(=O)[nH]1. The number of aromatic nitrogens is 2. The van der Waals surface area contributed by atoms with Crippen LogP contribution >= 0.6 is 11.8 Å². The monoisotopic (exact) mass is 293 g/mol. The van der Waals surface area contributed by atoms with Gasteiger partial charge in [-0.1, -0.05) is 23.9 Å². The molecule has 0 unspecified atom stereocenters. The van der Waals surface area contributed by atoms with Crippen molar-refractivity contribution in [3.63, 3.8) is 0 Å². The summed E-state index contributed by atoms with van der Waals surface area (Å²) in [6.07, 6.45) is 0. The second-order valence-electron chi connectivity index (χ2n) is 3.82. The van der Waals surface area contributed by atoms with Crippen molar-refractivity contribution in [3.05, 3.63) is 40.7 Å². The first-order valence-electron chi connectivity index (χ1n) is 5.94. The Morgan fingerprint density at radius 1 is 1.35 bits per heavy atom. The molecule has 0 fully saturated rings. The minimum absolute atomic E-state index is 0.210. The zero-order valence-electron chi connectivity index (χ0n) is 11.0. The molecular weight excluding hydrogens is 278 g/mol. The summed E-state index contributed by atoms with van der Waals surface area (Å²) in [5.74, 6) is 2.21. The maximum Gasteiger partial charge on any atom is 0.253 e. The van der Waals surface area contributed by atoms with Gasteiger partial charge in [-0.25, -0.2) is 4.98 Å². The first-order chi connectivity index (χ1) is 9.69. The topological polar surface area (TPSA) is 90.2 Å². The maximum atomic E-state index is 11.2. The van der Waals surface area contributed by atoms with Crippen LogP contribution in [0.1, 0.15) is 0 Å². The standard InChI is InChI=1S/C13H15N3O3S/c1-18-9-4-2-3-5-10(9)19-6-7-20-13-15-11(14)8-12(17)16-13/h2-5,8H,6-7H2,1H3,(H3,14,15,16,17). The molecule has 3 N–H and O–H groups in total. The lowest BCUT2D eigenvalue weighted by Crippen LogP contribution is -2.10. The van der Waals surface area contributed by atoms with Gasteiger partial charge in [0.05, 0.1) is 13.7 Å². The summed E-state index contributed by atoms with van der Waals surface area (Å²) in [6, 6.07) is 8.67. The molecule has 0 atom stereocenters. The van der Waals surface area contributed by atoms with Crippen LogP contribution in [-0.2, 0) is 0 Å². The van der Waals surface area contributed by atoms with Crippen molar-refractivity contribution < 1.29 is 9.47 Å². The highest BCUT2D eigenvalue weighted by atomic mass is 32.2. The Bertz CT molecular complexity index is 630. The number of thioether (sulfide) groups is 1. The van der Waals surface area contributed by atoms with Crippen LogP contribution in [0, 0.1) is 0 Å². The predicted octanol–water partition coefficient (Wildman–Crippen LogP) is 1.53. The van der Waals surface area contributed by atoms with E-state index in [-0.39, 0.29) is 11.4 Å². The van der Waals surface area contributed by atoms with Crippen LogP contribution in [0.15, 0.2) is 40.3 Å². The highest BCUT2D eigenvalue weighted by molar-refractivity contribution is 7.99. The van der Waals surface area contributed by atoms with Crippen LogP contribution in [-0.4, -0.2) is 29.4 Å². The van der Waals surface area contributed by atoms with Gasteiger partial charge < -0.3 is 20.2 Å². The zero-order valence-corrected chi connectivity index (χ0v) is 11.8. The van der Waals surface area contributed by atoms with Crippen LogP contribution < -0.4 is 20.8 Å². The van der Waals surface area contributed by atoms with Gasteiger partial charge >= 0.3 is 0 Å². The quantitative estimate of drug-likeness (QED) is 0.477. The number of H-pyrrole nitrogens is 1. The van der Waals surface area contributed by atoms with Crippen molar-refractivity contribution in [2.75, 3.05) is 25.2 Å². The van der Waals surface area contributed by atoms with Crippen LogP contribution in [0.4, 0.5) is 5.82 Å². The summed E-state index contributed by atoms with van der Waals surface area (Å²) in [4.78, 5) is 17.8. The summed E-state index contributed by atoms with van der Waals surface area (Å²) >= 11 is 1.37. The van der Waals surface area contributed by atoms with Crippen molar-refractivity contribution in [2.24, 2.45) is 0 Å². The average molecular weight is 293 g/mol. The average Bonchev–Trinajstić information content (AvgIpc) is 2.43. The minimum Gasteiger partial charge on any atom is -0.493 e. The molecule has 1 aromatic heterocycles. The third-order valence-corrected chi connectivity index (χ3v) is 3.23. The van der Waals surface area contributed by atoms with E-state index in [0.717, 1.165) is 0 Å². The van der Waals surface area contributed by atoms with Gasteiger partial charge in [0, 0.05) is 11.8 Å². The Morgan fingerprint density at radius 2 is 2.10 bits per heavy atom. The molecule has 6 nitrogen and oxygen atoms in total. The summed E-state index contributed by atoms with van der Waals surface area (Å²) in [5.41, 5.74) is 5.24. The van der Waals surface area contributed by atoms with Gasteiger partial charge in [0.15, 0.2) is 16.7 Å². The Hall–Kier alpha value is -2.15. The molecule has 0 saturated carbocycles. The van der Waals surface area contributed by atoms with Crippen LogP contribution in [0.2, 0.25) is 0 Å². The fourth-order valence-corrected chi connectivity index (χ4v) is 2.25. The number of hydrogen-bond donors (Lipinski definition) is 2. The number of methoxy groups -OCH3 is 1. The second-order valence-corrected chi connectivity index (χ2v) is 4.91. The van der Waals surface area contributed by atoms with Gasteiger partial charge in [-0.3, -0.25) is 4.79 Å². The van der Waals surface area contributed by atoms with E-state index >= 15 is 0 Å². The van der Waals surface area contributed by atoms with E-state index in [1.54, 1.807) is 7.11 Å². The van der Waals surface area contributed by atoms with Gasteiger partial charge in [-0.15, -0.1) is 0 Å². The third-order valence-electron chi connectivity index (χ3n) is 2.39. The molecule has 0 aliphatic rings. The number of hydrogen-bond acceptors (Lipinski definition) is 6. The van der Waals surface area contributed by atoms with E-state index in [1.165, 1.54) is 17.8 Å². The Kier molecular flexibility index (Phi) is 4.89. The molecule has 20 heavy (non-hydrogen) atoms. The van der Waals surface area contributed by atoms with E-state index < -0.39 is 0 Å². The van der Waals surface area contributed by atoms with Crippen molar-refractivity contribution >= 4 is 17.6 Å². The molecule has 1 aromatic carbocycles. The summed E-state index contributed by atoms with van der Waals surface area (Å²) in [6.45, 7) is 0.462. The number of nitrogens with two attached hydrogens (primary N) is 1. The highest BCUT2D eigenvalue weighted by Gasteiger charge is 2.03. The van der Waals surface area contributed by atoms with E-state index in [1.807, 2.05) is 24.3 Å². The van der Waals surface area contributed by atoms with Crippen molar-refractivity contribution in [1.29, 1.82) is 0 Å². The third kappa shape index (κ3) is 3.92. The van der Waals surface area contributed by atoms with Gasteiger partial charge in [0.1, 0.15) is 5.82 Å². The van der Waals surface area contributed by atoms with Gasteiger partial charge in [-0.2, -0.15) is 0 Å². The normalized spacial score (nSPS) is 10.2. The molecule has 0 saturated heterocycles. The number of para-hydroxylation sites is 2. The number of nitrogens with zero attached hydrogens (tertiary/aromatic N) is 1. The van der Waals surface area contributed by atoms with Crippen LogP contribution in [0.25, 0.3) is 0 Å². The number of rotatable bonds is 6. The number of nitrogens with one attached hydrogen (secondary N) is 1. The molecule has 0 spiro atoms. The second kappa shape index (κ2) is 6.85. The minimum atomic E-state index is -0.259. The lowest BCUT2D eigenvalue weighted by molar-refractivity contribution is 0.313. The molecule has 0 aliphatic heterocycles. The maximum absolute atomic E-state index is 11.2. The molecule has 106 valence electrons. The number of anilines is 1. The van der Waals surface area contributed by atoms with E-state index in [4.69, 9.17) is 15.2 Å². The van der Waals surface area contributed by atoms with Crippen LogP contribution in [0.5, 0.6) is 11.5 Å². The summed E-state index contributed by atoms with van der Waals surface area (Å²) < 4.78 is 10.8. The van der Waals surface area contributed by atoms with Crippen LogP contribution in [0.3, 0.4) is 0 Å². The Balaban J connectivity index is 1.86. The predicted molar refractivity (Wildman–Crippen MR) is 78.5 cm³/mol. The Morgan fingerprint density at radius 3 is 2.80 bits per heavy atom. The molecule has 2 rings (SSSR count). The molecular formula is C13H15N3O3S. The number of aromatic amines is 1. The summed E-state index contributed by atoms with van der Waals surface area (Å²) in [7, 11) is 1.60. The van der Waals surface area contributed by atoms with Gasteiger partial charge in [-0.05, 0) is 12.1 Å². The largest absolute Gasteiger partial charge is 0.493 e. The molecule has 0 aliphatic carbocycles.